The van der Waals surface area contributed by atoms with Gasteiger partial charge < -0.3 is 4.90 Å². The van der Waals surface area contributed by atoms with E-state index in [1.165, 1.54) is 17.4 Å². The number of hydrogen-bond acceptors (Lipinski definition) is 4. The summed E-state index contributed by atoms with van der Waals surface area (Å²) in [7, 11) is 0. The number of benzene rings is 1. The summed E-state index contributed by atoms with van der Waals surface area (Å²) in [6, 6.07) is 4.74. The van der Waals surface area contributed by atoms with Gasteiger partial charge in [-0.3, -0.25) is 9.69 Å². The molecule has 0 aliphatic carbocycles. The first kappa shape index (κ1) is 19.3. The molecular weight excluding hydrogens is 373 g/mol. The fraction of sp³-hybridized carbons (Fsp3) is 0.474. The molecule has 140 valence electrons. The summed E-state index contributed by atoms with van der Waals surface area (Å²) in [5, 5.41) is 1.41. The van der Waals surface area contributed by atoms with E-state index in [0.29, 0.717) is 48.2 Å². The lowest BCUT2D eigenvalue weighted by atomic mass is 9.98. The summed E-state index contributed by atoms with van der Waals surface area (Å²) in [5.41, 5.74) is 0.465. The maximum Gasteiger partial charge on any atom is 0.265 e. The summed E-state index contributed by atoms with van der Waals surface area (Å²) >= 11 is 7.58. The number of carbonyl (C=O) groups excluding carboxylic acids is 1. The molecule has 1 saturated heterocycles. The van der Waals surface area contributed by atoms with Crippen LogP contribution in [0.5, 0.6) is 0 Å². The molecule has 1 amide bonds. The first-order chi connectivity index (χ1) is 12.3. The van der Waals surface area contributed by atoms with Crippen LogP contribution in [0.15, 0.2) is 24.4 Å². The fourth-order valence-electron chi connectivity index (χ4n) is 2.89. The summed E-state index contributed by atoms with van der Waals surface area (Å²) < 4.78 is 13.9. The van der Waals surface area contributed by atoms with Gasteiger partial charge in [-0.1, -0.05) is 38.4 Å². The van der Waals surface area contributed by atoms with Gasteiger partial charge in [0, 0.05) is 48.7 Å². The van der Waals surface area contributed by atoms with E-state index in [9.17, 15) is 9.18 Å². The van der Waals surface area contributed by atoms with E-state index in [0.717, 1.165) is 5.01 Å². The van der Waals surface area contributed by atoms with Crippen molar-refractivity contribution >= 4 is 28.8 Å². The van der Waals surface area contributed by atoms with E-state index in [2.05, 4.69) is 30.7 Å². The minimum Gasteiger partial charge on any atom is -0.335 e. The van der Waals surface area contributed by atoms with Gasteiger partial charge in [0.15, 0.2) is 0 Å². The SMILES string of the molecule is CC(C)(C)c1ncc(C(=O)N2CCN(Cc3c(F)cccc3Cl)CC2)s1. The van der Waals surface area contributed by atoms with Crippen molar-refractivity contribution in [3.8, 4) is 0 Å². The van der Waals surface area contributed by atoms with E-state index in [4.69, 9.17) is 11.6 Å². The van der Waals surface area contributed by atoms with Crippen LogP contribution < -0.4 is 0 Å². The second kappa shape index (κ2) is 7.62. The number of rotatable bonds is 3. The van der Waals surface area contributed by atoms with Gasteiger partial charge in [-0.15, -0.1) is 11.3 Å². The van der Waals surface area contributed by atoms with E-state index in [-0.39, 0.29) is 17.1 Å². The zero-order valence-electron chi connectivity index (χ0n) is 15.3. The van der Waals surface area contributed by atoms with Crippen molar-refractivity contribution in [3.05, 3.63) is 50.7 Å². The van der Waals surface area contributed by atoms with Crippen LogP contribution in [-0.4, -0.2) is 46.9 Å². The molecule has 0 radical (unpaired) electrons. The van der Waals surface area contributed by atoms with Crippen molar-refractivity contribution in [2.24, 2.45) is 0 Å². The molecule has 0 bridgehead atoms. The van der Waals surface area contributed by atoms with Crippen molar-refractivity contribution < 1.29 is 9.18 Å². The van der Waals surface area contributed by atoms with Gasteiger partial charge in [0.1, 0.15) is 10.7 Å². The first-order valence-electron chi connectivity index (χ1n) is 8.66. The highest BCUT2D eigenvalue weighted by Crippen LogP contribution is 2.28. The molecular formula is C19H23ClFN3OS. The number of piperazine rings is 1. The predicted octanol–water partition coefficient (Wildman–Crippen LogP) is 4.19. The lowest BCUT2D eigenvalue weighted by Gasteiger charge is -2.34. The second-order valence-electron chi connectivity index (χ2n) is 7.55. The summed E-state index contributed by atoms with van der Waals surface area (Å²) in [6.45, 7) is 9.36. The number of halogens is 2. The molecule has 3 rings (SSSR count). The van der Waals surface area contributed by atoms with Crippen LogP contribution in [0.25, 0.3) is 0 Å². The van der Waals surface area contributed by atoms with E-state index >= 15 is 0 Å². The van der Waals surface area contributed by atoms with Crippen LogP contribution in [0, 0.1) is 5.82 Å². The number of amides is 1. The molecule has 2 aromatic rings. The van der Waals surface area contributed by atoms with Gasteiger partial charge in [-0.2, -0.15) is 0 Å². The van der Waals surface area contributed by atoms with Crippen LogP contribution in [0.3, 0.4) is 0 Å². The van der Waals surface area contributed by atoms with Gasteiger partial charge >= 0.3 is 0 Å². The highest BCUT2D eigenvalue weighted by molar-refractivity contribution is 7.13. The molecule has 0 N–H and O–H groups in total. The maximum atomic E-state index is 13.9. The average molecular weight is 396 g/mol. The highest BCUT2D eigenvalue weighted by Gasteiger charge is 2.26. The Morgan fingerprint density at radius 2 is 1.96 bits per heavy atom. The summed E-state index contributed by atoms with van der Waals surface area (Å²) in [4.78, 5) is 21.8. The van der Waals surface area contributed by atoms with Crippen LogP contribution in [0.4, 0.5) is 4.39 Å². The van der Waals surface area contributed by atoms with Gasteiger partial charge in [-0.05, 0) is 12.1 Å². The average Bonchev–Trinajstić information content (AvgIpc) is 3.09. The first-order valence-corrected chi connectivity index (χ1v) is 9.86. The number of aromatic nitrogens is 1. The Kier molecular flexibility index (Phi) is 5.65. The van der Waals surface area contributed by atoms with E-state index < -0.39 is 0 Å². The number of nitrogens with zero attached hydrogens (tertiary/aromatic N) is 3. The Balaban J connectivity index is 1.60. The zero-order chi connectivity index (χ0) is 18.9. The fourth-order valence-corrected chi connectivity index (χ4v) is 4.06. The molecule has 1 aromatic heterocycles. The molecule has 2 heterocycles. The monoisotopic (exact) mass is 395 g/mol. The molecule has 0 spiro atoms. The molecule has 1 fully saturated rings. The Labute approximate surface area is 162 Å². The van der Waals surface area contributed by atoms with Crippen molar-refractivity contribution in [1.82, 2.24) is 14.8 Å². The normalized spacial score (nSPS) is 16.1. The van der Waals surface area contributed by atoms with Crippen LogP contribution >= 0.6 is 22.9 Å². The predicted molar refractivity (Wildman–Crippen MR) is 103 cm³/mol. The van der Waals surface area contributed by atoms with Gasteiger partial charge in [0.05, 0.1) is 11.2 Å². The molecule has 4 nitrogen and oxygen atoms in total. The Morgan fingerprint density at radius 1 is 1.27 bits per heavy atom. The summed E-state index contributed by atoms with van der Waals surface area (Å²) in [5.74, 6) is -0.253. The minimum atomic E-state index is -0.282. The van der Waals surface area contributed by atoms with Crippen LogP contribution in [0.2, 0.25) is 5.02 Å². The summed E-state index contributed by atoms with van der Waals surface area (Å²) in [6.07, 6.45) is 1.68. The Bertz CT molecular complexity index is 774. The van der Waals surface area contributed by atoms with Crippen molar-refractivity contribution in [2.75, 3.05) is 26.2 Å². The molecule has 7 heteroatoms. The van der Waals surface area contributed by atoms with E-state index in [1.54, 1.807) is 18.3 Å². The Hall–Kier alpha value is -1.50. The van der Waals surface area contributed by atoms with Gasteiger partial charge in [0.25, 0.3) is 5.91 Å². The standard InChI is InChI=1S/C19H23ClFN3OS/c1-19(2,3)18-22-11-16(26-18)17(25)24-9-7-23(8-10-24)12-13-14(20)5-4-6-15(13)21/h4-6,11H,7-10,12H2,1-3H3. The smallest absolute Gasteiger partial charge is 0.265 e. The van der Waals surface area contributed by atoms with E-state index in [1.807, 2.05) is 4.90 Å². The molecule has 1 aromatic carbocycles. The third-order valence-electron chi connectivity index (χ3n) is 4.46. The molecule has 0 saturated carbocycles. The molecule has 0 unspecified atom stereocenters. The van der Waals surface area contributed by atoms with Crippen LogP contribution in [0.1, 0.15) is 41.0 Å². The lowest BCUT2D eigenvalue weighted by Crippen LogP contribution is -2.48. The largest absolute Gasteiger partial charge is 0.335 e. The van der Waals surface area contributed by atoms with Crippen molar-refractivity contribution in [1.29, 1.82) is 0 Å². The minimum absolute atomic E-state index is 0.0292. The lowest BCUT2D eigenvalue weighted by molar-refractivity contribution is 0.0631. The maximum absolute atomic E-state index is 13.9. The number of hydrogen-bond donors (Lipinski definition) is 0. The topological polar surface area (TPSA) is 36.4 Å². The third kappa shape index (κ3) is 4.24. The number of thiazole rings is 1. The molecule has 26 heavy (non-hydrogen) atoms. The second-order valence-corrected chi connectivity index (χ2v) is 8.99. The molecule has 1 aliphatic rings. The number of carbonyl (C=O) groups is 1. The van der Waals surface area contributed by atoms with Crippen molar-refractivity contribution in [3.63, 3.8) is 0 Å². The molecule has 0 atom stereocenters. The molecule has 1 aliphatic heterocycles. The van der Waals surface area contributed by atoms with Gasteiger partial charge in [-0.25, -0.2) is 9.37 Å². The third-order valence-corrected chi connectivity index (χ3v) is 6.23. The van der Waals surface area contributed by atoms with Crippen molar-refractivity contribution in [2.45, 2.75) is 32.7 Å². The quantitative estimate of drug-likeness (QED) is 0.781. The Morgan fingerprint density at radius 3 is 2.54 bits per heavy atom. The van der Waals surface area contributed by atoms with Crippen LogP contribution in [-0.2, 0) is 12.0 Å². The zero-order valence-corrected chi connectivity index (χ0v) is 16.8. The highest BCUT2D eigenvalue weighted by atomic mass is 35.5. The van der Waals surface area contributed by atoms with Gasteiger partial charge in [0.2, 0.25) is 0 Å².